The van der Waals surface area contributed by atoms with Crippen molar-refractivity contribution in [2.75, 3.05) is 6.54 Å². The molecule has 0 bridgehead atoms. The fourth-order valence-electron chi connectivity index (χ4n) is 1.46. The minimum Gasteiger partial charge on any atom is -0.457 e. The highest BCUT2D eigenvalue weighted by Gasteiger charge is 2.14. The quantitative estimate of drug-likeness (QED) is 0.860. The van der Waals surface area contributed by atoms with E-state index in [1.54, 1.807) is 6.26 Å². The van der Waals surface area contributed by atoms with E-state index < -0.39 is 0 Å². The Labute approximate surface area is 87.8 Å². The lowest BCUT2D eigenvalue weighted by atomic mass is 10.1. The van der Waals surface area contributed by atoms with Gasteiger partial charge in [-0.05, 0) is 35.0 Å². The Kier molecular flexibility index (Phi) is 4.53. The fraction of sp³-hybridized carbons (Fsp3) is 0.600. The summed E-state index contributed by atoms with van der Waals surface area (Å²) in [6, 6.07) is 2.44. The van der Waals surface area contributed by atoms with Crippen LogP contribution < -0.4 is 5.32 Å². The van der Waals surface area contributed by atoms with Crippen molar-refractivity contribution in [3.05, 3.63) is 22.6 Å². The van der Waals surface area contributed by atoms with Gasteiger partial charge >= 0.3 is 0 Å². The second kappa shape index (κ2) is 5.45. The van der Waals surface area contributed by atoms with Crippen LogP contribution >= 0.6 is 15.9 Å². The van der Waals surface area contributed by atoms with Gasteiger partial charge in [0.25, 0.3) is 0 Å². The first-order chi connectivity index (χ1) is 6.29. The highest BCUT2D eigenvalue weighted by molar-refractivity contribution is 9.10. The molecule has 1 N–H and O–H groups in total. The summed E-state index contributed by atoms with van der Waals surface area (Å²) < 4.78 is 6.07. The molecule has 0 aromatic carbocycles. The van der Waals surface area contributed by atoms with Crippen molar-refractivity contribution in [2.45, 2.75) is 32.7 Å². The van der Waals surface area contributed by atoms with Crippen LogP contribution in [0.3, 0.4) is 0 Å². The molecule has 2 nitrogen and oxygen atoms in total. The molecule has 0 aliphatic rings. The molecule has 0 fully saturated rings. The van der Waals surface area contributed by atoms with Gasteiger partial charge in [-0.1, -0.05) is 20.3 Å². The third-order valence-corrected chi connectivity index (χ3v) is 2.69. The lowest BCUT2D eigenvalue weighted by Gasteiger charge is -2.15. The van der Waals surface area contributed by atoms with E-state index in [1.807, 2.05) is 6.07 Å². The van der Waals surface area contributed by atoms with Crippen LogP contribution in [0, 0.1) is 0 Å². The molecule has 0 saturated heterocycles. The molecule has 0 radical (unpaired) electrons. The molecule has 1 heterocycles. The Morgan fingerprint density at radius 2 is 2.31 bits per heavy atom. The zero-order valence-electron chi connectivity index (χ0n) is 8.14. The molecule has 0 amide bonds. The van der Waals surface area contributed by atoms with E-state index in [1.165, 1.54) is 12.0 Å². The van der Waals surface area contributed by atoms with Crippen LogP contribution in [0.4, 0.5) is 0 Å². The van der Waals surface area contributed by atoms with Crippen molar-refractivity contribution < 1.29 is 4.42 Å². The summed E-state index contributed by atoms with van der Waals surface area (Å²) in [5, 5.41) is 3.44. The molecule has 1 aromatic heterocycles. The van der Waals surface area contributed by atoms with Gasteiger partial charge < -0.3 is 9.73 Å². The molecule has 0 aliphatic heterocycles. The smallest absolute Gasteiger partial charge is 0.173 e. The van der Waals surface area contributed by atoms with Gasteiger partial charge in [0.05, 0.1) is 6.26 Å². The van der Waals surface area contributed by atoms with Crippen LogP contribution in [0.5, 0.6) is 0 Å². The molecule has 74 valence electrons. The van der Waals surface area contributed by atoms with E-state index in [-0.39, 0.29) is 0 Å². The normalized spacial score (nSPS) is 13.2. The maximum atomic E-state index is 5.21. The van der Waals surface area contributed by atoms with Crippen LogP contribution in [0.15, 0.2) is 21.4 Å². The summed E-state index contributed by atoms with van der Waals surface area (Å²) in [5.74, 6) is 0. The Balaban J connectivity index is 2.69. The summed E-state index contributed by atoms with van der Waals surface area (Å²) in [5.41, 5.74) is 1.23. The van der Waals surface area contributed by atoms with Crippen LogP contribution in [-0.2, 0) is 0 Å². The Morgan fingerprint density at radius 1 is 1.54 bits per heavy atom. The lowest BCUT2D eigenvalue weighted by Crippen LogP contribution is -2.20. The third-order valence-electron chi connectivity index (χ3n) is 2.05. The van der Waals surface area contributed by atoms with E-state index in [2.05, 4.69) is 35.1 Å². The first-order valence-corrected chi connectivity index (χ1v) is 5.55. The molecule has 1 rings (SSSR count). The summed E-state index contributed by atoms with van der Waals surface area (Å²) in [6.45, 7) is 5.30. The number of furan rings is 1. The molecule has 1 unspecified atom stereocenters. The summed E-state index contributed by atoms with van der Waals surface area (Å²) in [7, 11) is 0. The standard InChI is InChI=1S/C10H16BrNO/c1-3-5-9(12-4-2)8-6-7-13-10(8)11/h6-7,9,12H,3-5H2,1-2H3. The van der Waals surface area contributed by atoms with Crippen molar-refractivity contribution in [3.8, 4) is 0 Å². The molecule has 3 heteroatoms. The van der Waals surface area contributed by atoms with Gasteiger partial charge in [0.2, 0.25) is 0 Å². The van der Waals surface area contributed by atoms with E-state index in [0.29, 0.717) is 6.04 Å². The number of rotatable bonds is 5. The Hall–Kier alpha value is -0.280. The largest absolute Gasteiger partial charge is 0.457 e. The second-order valence-electron chi connectivity index (χ2n) is 3.05. The Morgan fingerprint density at radius 3 is 2.77 bits per heavy atom. The van der Waals surface area contributed by atoms with E-state index in [9.17, 15) is 0 Å². The first-order valence-electron chi connectivity index (χ1n) is 4.75. The van der Waals surface area contributed by atoms with Crippen LogP contribution in [0.2, 0.25) is 0 Å². The van der Waals surface area contributed by atoms with E-state index in [4.69, 9.17) is 4.42 Å². The van der Waals surface area contributed by atoms with Gasteiger partial charge in [-0.25, -0.2) is 0 Å². The predicted molar refractivity (Wildman–Crippen MR) is 57.7 cm³/mol. The molecule has 1 aromatic rings. The highest BCUT2D eigenvalue weighted by Crippen LogP contribution is 2.27. The van der Waals surface area contributed by atoms with Crippen molar-refractivity contribution in [3.63, 3.8) is 0 Å². The minimum atomic E-state index is 0.420. The number of hydrogen-bond donors (Lipinski definition) is 1. The number of nitrogens with one attached hydrogen (secondary N) is 1. The van der Waals surface area contributed by atoms with Gasteiger partial charge in [-0.3, -0.25) is 0 Å². The molecule has 0 spiro atoms. The summed E-state index contributed by atoms with van der Waals surface area (Å²) in [4.78, 5) is 0. The van der Waals surface area contributed by atoms with Crippen molar-refractivity contribution in [1.29, 1.82) is 0 Å². The fourth-order valence-corrected chi connectivity index (χ4v) is 1.97. The van der Waals surface area contributed by atoms with Gasteiger partial charge in [0.15, 0.2) is 4.67 Å². The topological polar surface area (TPSA) is 25.2 Å². The lowest BCUT2D eigenvalue weighted by molar-refractivity contribution is 0.485. The number of hydrogen-bond acceptors (Lipinski definition) is 2. The zero-order valence-corrected chi connectivity index (χ0v) is 9.73. The predicted octanol–water partition coefficient (Wildman–Crippen LogP) is 3.49. The average Bonchev–Trinajstić information content (AvgIpc) is 2.51. The second-order valence-corrected chi connectivity index (χ2v) is 3.77. The van der Waals surface area contributed by atoms with E-state index in [0.717, 1.165) is 17.6 Å². The maximum absolute atomic E-state index is 5.21. The van der Waals surface area contributed by atoms with Crippen molar-refractivity contribution >= 4 is 15.9 Å². The van der Waals surface area contributed by atoms with Gasteiger partial charge in [0, 0.05) is 11.6 Å². The molecular weight excluding hydrogens is 230 g/mol. The Bertz CT molecular complexity index is 241. The van der Waals surface area contributed by atoms with Crippen LogP contribution in [-0.4, -0.2) is 6.54 Å². The zero-order chi connectivity index (χ0) is 9.68. The molecule has 1 atom stereocenters. The molecule has 0 aliphatic carbocycles. The molecule has 13 heavy (non-hydrogen) atoms. The van der Waals surface area contributed by atoms with Gasteiger partial charge in [-0.15, -0.1) is 0 Å². The third kappa shape index (κ3) is 2.85. The molecule has 0 saturated carbocycles. The SMILES string of the molecule is CCCC(NCC)c1ccoc1Br. The number of halogens is 1. The maximum Gasteiger partial charge on any atom is 0.173 e. The van der Waals surface area contributed by atoms with Crippen LogP contribution in [0.25, 0.3) is 0 Å². The van der Waals surface area contributed by atoms with Crippen LogP contribution in [0.1, 0.15) is 38.3 Å². The molecular formula is C10H16BrNO. The summed E-state index contributed by atoms with van der Waals surface area (Å²) >= 11 is 3.40. The average molecular weight is 246 g/mol. The van der Waals surface area contributed by atoms with Gasteiger partial charge in [-0.2, -0.15) is 0 Å². The minimum absolute atomic E-state index is 0.420. The van der Waals surface area contributed by atoms with Crippen molar-refractivity contribution in [2.24, 2.45) is 0 Å². The van der Waals surface area contributed by atoms with Crippen molar-refractivity contribution in [1.82, 2.24) is 5.32 Å². The highest BCUT2D eigenvalue weighted by atomic mass is 79.9. The van der Waals surface area contributed by atoms with Gasteiger partial charge in [0.1, 0.15) is 0 Å². The monoisotopic (exact) mass is 245 g/mol. The first kappa shape index (κ1) is 10.8. The van der Waals surface area contributed by atoms with E-state index >= 15 is 0 Å². The summed E-state index contributed by atoms with van der Waals surface area (Å²) in [6.07, 6.45) is 4.04.